The SMILES string of the molecule is COc1ccc(-c2coc3cc(OC(C)=O)ccc3c2=S)cc1. The van der Waals surface area contributed by atoms with Crippen molar-refractivity contribution in [2.75, 3.05) is 7.11 Å². The third kappa shape index (κ3) is 3.10. The molecule has 0 saturated heterocycles. The maximum atomic E-state index is 11.0. The first-order chi connectivity index (χ1) is 11.1. The number of rotatable bonds is 3. The Morgan fingerprint density at radius 2 is 1.78 bits per heavy atom. The van der Waals surface area contributed by atoms with Crippen LogP contribution in [0.5, 0.6) is 11.5 Å². The van der Waals surface area contributed by atoms with E-state index < -0.39 is 0 Å². The Balaban J connectivity index is 2.07. The fraction of sp³-hybridized carbons (Fsp3) is 0.111. The van der Waals surface area contributed by atoms with Gasteiger partial charge in [-0.1, -0.05) is 24.4 Å². The molecule has 0 fully saturated rings. The summed E-state index contributed by atoms with van der Waals surface area (Å²) >= 11 is 5.57. The van der Waals surface area contributed by atoms with E-state index in [1.807, 2.05) is 24.3 Å². The van der Waals surface area contributed by atoms with Crippen molar-refractivity contribution < 1.29 is 18.7 Å². The average molecular weight is 326 g/mol. The normalized spacial score (nSPS) is 10.5. The molecule has 23 heavy (non-hydrogen) atoms. The Morgan fingerprint density at radius 1 is 1.09 bits per heavy atom. The zero-order valence-corrected chi connectivity index (χ0v) is 13.5. The number of benzene rings is 2. The van der Waals surface area contributed by atoms with E-state index in [2.05, 4.69) is 0 Å². The predicted molar refractivity (Wildman–Crippen MR) is 90.3 cm³/mol. The molecule has 0 bridgehead atoms. The van der Waals surface area contributed by atoms with Crippen molar-refractivity contribution in [2.24, 2.45) is 0 Å². The summed E-state index contributed by atoms with van der Waals surface area (Å²) in [5.74, 6) is 0.835. The Bertz CT molecular complexity index is 926. The summed E-state index contributed by atoms with van der Waals surface area (Å²) in [5.41, 5.74) is 2.35. The van der Waals surface area contributed by atoms with Gasteiger partial charge >= 0.3 is 5.97 Å². The highest BCUT2D eigenvalue weighted by atomic mass is 32.1. The summed E-state index contributed by atoms with van der Waals surface area (Å²) in [4.78, 5) is 11.0. The first-order valence-corrected chi connectivity index (χ1v) is 7.38. The van der Waals surface area contributed by atoms with Crippen LogP contribution in [0.1, 0.15) is 6.92 Å². The van der Waals surface area contributed by atoms with Crippen LogP contribution in [0.2, 0.25) is 0 Å². The highest BCUT2D eigenvalue weighted by Gasteiger charge is 2.08. The topological polar surface area (TPSA) is 48.7 Å². The van der Waals surface area contributed by atoms with Gasteiger partial charge in [-0.3, -0.25) is 4.79 Å². The van der Waals surface area contributed by atoms with Crippen LogP contribution < -0.4 is 9.47 Å². The lowest BCUT2D eigenvalue weighted by atomic mass is 10.1. The molecule has 0 atom stereocenters. The maximum absolute atomic E-state index is 11.0. The summed E-state index contributed by atoms with van der Waals surface area (Å²) in [5, 5.41) is 0.796. The summed E-state index contributed by atoms with van der Waals surface area (Å²) < 4.78 is 16.6. The zero-order valence-electron chi connectivity index (χ0n) is 12.7. The Morgan fingerprint density at radius 3 is 2.43 bits per heavy atom. The lowest BCUT2D eigenvalue weighted by Gasteiger charge is -2.07. The fourth-order valence-corrected chi connectivity index (χ4v) is 2.64. The predicted octanol–water partition coefficient (Wildman–Crippen LogP) is 4.76. The van der Waals surface area contributed by atoms with Gasteiger partial charge in [-0.15, -0.1) is 0 Å². The van der Waals surface area contributed by atoms with Crippen molar-refractivity contribution in [3.05, 3.63) is 53.2 Å². The molecule has 0 saturated carbocycles. The minimum absolute atomic E-state index is 0.377. The molecule has 0 aliphatic rings. The third-order valence-corrected chi connectivity index (χ3v) is 3.85. The summed E-state index contributed by atoms with van der Waals surface area (Å²) in [7, 11) is 1.62. The number of methoxy groups -OCH3 is 1. The molecule has 2 aromatic carbocycles. The van der Waals surface area contributed by atoms with Crippen molar-refractivity contribution in [3.8, 4) is 22.6 Å². The maximum Gasteiger partial charge on any atom is 0.308 e. The number of ether oxygens (including phenoxy) is 2. The quantitative estimate of drug-likeness (QED) is 0.394. The lowest BCUT2D eigenvalue weighted by Crippen LogP contribution is -2.00. The third-order valence-electron chi connectivity index (χ3n) is 3.41. The van der Waals surface area contributed by atoms with Crippen LogP contribution in [0, 0.1) is 4.51 Å². The van der Waals surface area contributed by atoms with Crippen molar-refractivity contribution in [2.45, 2.75) is 6.92 Å². The van der Waals surface area contributed by atoms with Gasteiger partial charge in [-0.2, -0.15) is 0 Å². The molecule has 0 radical (unpaired) electrons. The molecule has 3 rings (SSSR count). The lowest BCUT2D eigenvalue weighted by molar-refractivity contribution is -0.131. The molecular formula is C18H14O4S. The standard InChI is InChI=1S/C18H14O4S/c1-11(19)22-14-7-8-15-17(9-14)21-10-16(18(15)23)12-3-5-13(20-2)6-4-12/h3-10H,1-2H3. The molecule has 0 aliphatic heterocycles. The second-order valence-corrected chi connectivity index (χ2v) is 5.37. The Kier molecular flexibility index (Phi) is 4.12. The van der Waals surface area contributed by atoms with E-state index in [9.17, 15) is 4.79 Å². The molecule has 116 valence electrons. The number of hydrogen-bond acceptors (Lipinski definition) is 5. The number of fused-ring (bicyclic) bond motifs is 1. The molecule has 3 aromatic rings. The fourth-order valence-electron chi connectivity index (χ4n) is 2.31. The van der Waals surface area contributed by atoms with Gasteiger partial charge in [0.15, 0.2) is 0 Å². The molecule has 5 heteroatoms. The van der Waals surface area contributed by atoms with Crippen LogP contribution in [0.15, 0.2) is 53.1 Å². The number of carbonyl (C=O) groups excluding carboxylic acids is 1. The van der Waals surface area contributed by atoms with Crippen LogP contribution in [0.4, 0.5) is 0 Å². The molecule has 0 aliphatic carbocycles. The Labute approximate surface area is 138 Å². The monoisotopic (exact) mass is 326 g/mol. The second-order valence-electron chi connectivity index (χ2n) is 4.96. The van der Waals surface area contributed by atoms with Crippen LogP contribution in [0.3, 0.4) is 0 Å². The van der Waals surface area contributed by atoms with Crippen LogP contribution in [-0.2, 0) is 4.79 Å². The van der Waals surface area contributed by atoms with Gasteiger partial charge < -0.3 is 13.9 Å². The van der Waals surface area contributed by atoms with Crippen LogP contribution >= 0.6 is 12.2 Å². The Hall–Kier alpha value is -2.66. The van der Waals surface area contributed by atoms with Gasteiger partial charge in [0.25, 0.3) is 0 Å². The molecule has 0 N–H and O–H groups in total. The highest BCUT2D eigenvalue weighted by molar-refractivity contribution is 7.71. The number of hydrogen-bond donors (Lipinski definition) is 0. The van der Waals surface area contributed by atoms with E-state index in [4.69, 9.17) is 26.1 Å². The summed E-state index contributed by atoms with van der Waals surface area (Å²) in [6.07, 6.45) is 1.62. The first-order valence-electron chi connectivity index (χ1n) is 6.97. The van der Waals surface area contributed by atoms with Gasteiger partial charge in [0.1, 0.15) is 23.3 Å². The van der Waals surface area contributed by atoms with Gasteiger partial charge in [-0.25, -0.2) is 0 Å². The van der Waals surface area contributed by atoms with Gasteiger partial charge in [0.2, 0.25) is 0 Å². The molecule has 0 spiro atoms. The molecule has 1 heterocycles. The van der Waals surface area contributed by atoms with Gasteiger partial charge in [-0.05, 0) is 29.8 Å². The minimum atomic E-state index is -0.377. The molecular weight excluding hydrogens is 312 g/mol. The summed E-state index contributed by atoms with van der Waals surface area (Å²) in [6, 6.07) is 12.8. The van der Waals surface area contributed by atoms with Crippen molar-refractivity contribution >= 4 is 29.2 Å². The number of carbonyl (C=O) groups is 1. The van der Waals surface area contributed by atoms with E-state index in [0.717, 1.165) is 22.3 Å². The van der Waals surface area contributed by atoms with E-state index in [1.54, 1.807) is 31.6 Å². The minimum Gasteiger partial charge on any atom is -0.497 e. The zero-order chi connectivity index (χ0) is 16.4. The van der Waals surface area contributed by atoms with Crippen molar-refractivity contribution in [3.63, 3.8) is 0 Å². The van der Waals surface area contributed by atoms with Crippen molar-refractivity contribution in [1.82, 2.24) is 0 Å². The van der Waals surface area contributed by atoms with E-state index in [-0.39, 0.29) is 5.97 Å². The van der Waals surface area contributed by atoms with E-state index >= 15 is 0 Å². The molecule has 4 nitrogen and oxygen atoms in total. The largest absolute Gasteiger partial charge is 0.497 e. The van der Waals surface area contributed by atoms with Crippen molar-refractivity contribution in [1.29, 1.82) is 0 Å². The molecule has 0 amide bonds. The van der Waals surface area contributed by atoms with Gasteiger partial charge in [0.05, 0.1) is 11.6 Å². The summed E-state index contributed by atoms with van der Waals surface area (Å²) in [6.45, 7) is 1.35. The average Bonchev–Trinajstić information content (AvgIpc) is 2.55. The molecule has 1 aromatic heterocycles. The second kappa shape index (κ2) is 6.22. The highest BCUT2D eigenvalue weighted by Crippen LogP contribution is 2.30. The van der Waals surface area contributed by atoms with Gasteiger partial charge in [0, 0.05) is 23.9 Å². The number of esters is 1. The molecule has 0 unspecified atom stereocenters. The smallest absolute Gasteiger partial charge is 0.308 e. The van der Waals surface area contributed by atoms with E-state index in [1.165, 1.54) is 6.92 Å². The van der Waals surface area contributed by atoms with Crippen LogP contribution in [-0.4, -0.2) is 13.1 Å². The first kappa shape index (κ1) is 15.2. The van der Waals surface area contributed by atoms with E-state index in [0.29, 0.717) is 15.8 Å². The van der Waals surface area contributed by atoms with Crippen LogP contribution in [0.25, 0.3) is 22.1 Å².